The third-order valence-corrected chi connectivity index (χ3v) is 2.48. The zero-order valence-corrected chi connectivity index (χ0v) is 7.90. The molecular formula is C10H15N3. The smallest absolute Gasteiger partial charge is 0.0573 e. The quantitative estimate of drug-likeness (QED) is 0.716. The average molecular weight is 177 g/mol. The van der Waals surface area contributed by atoms with Crippen LogP contribution < -0.4 is 5.73 Å². The maximum atomic E-state index is 5.70. The Labute approximate surface area is 78.6 Å². The molecule has 3 nitrogen and oxygen atoms in total. The maximum Gasteiger partial charge on any atom is 0.0573 e. The Morgan fingerprint density at radius 3 is 3.00 bits per heavy atom. The predicted octanol–water partition coefficient (Wildman–Crippen LogP) is 0.533. The van der Waals surface area contributed by atoms with E-state index in [-0.39, 0.29) is 0 Å². The average Bonchev–Trinajstić information content (AvgIpc) is 2.06. The fraction of sp³-hybridized carbons (Fsp3) is 0.500. The minimum absolute atomic E-state index is 0.379. The first-order valence-electron chi connectivity index (χ1n) is 4.64. The van der Waals surface area contributed by atoms with E-state index in [0.717, 1.165) is 19.6 Å². The Hall–Kier alpha value is -0.930. The molecule has 1 aromatic rings. The molecule has 0 spiro atoms. The van der Waals surface area contributed by atoms with Gasteiger partial charge in [-0.25, -0.2) is 0 Å². The van der Waals surface area contributed by atoms with Crippen molar-refractivity contribution in [2.45, 2.75) is 19.5 Å². The summed E-state index contributed by atoms with van der Waals surface area (Å²) < 4.78 is 0. The van der Waals surface area contributed by atoms with E-state index in [9.17, 15) is 0 Å². The SMILES string of the molecule is Cc1cccnc1CN1CC(N)C1. The van der Waals surface area contributed by atoms with Crippen molar-refractivity contribution in [3.05, 3.63) is 29.6 Å². The highest BCUT2D eigenvalue weighted by Crippen LogP contribution is 2.12. The van der Waals surface area contributed by atoms with Crippen molar-refractivity contribution in [1.29, 1.82) is 0 Å². The van der Waals surface area contributed by atoms with Gasteiger partial charge >= 0.3 is 0 Å². The molecule has 1 aliphatic rings. The minimum atomic E-state index is 0.379. The molecule has 1 saturated heterocycles. The van der Waals surface area contributed by atoms with E-state index >= 15 is 0 Å². The fourth-order valence-corrected chi connectivity index (χ4v) is 1.63. The van der Waals surface area contributed by atoms with Crippen molar-refractivity contribution in [2.75, 3.05) is 13.1 Å². The van der Waals surface area contributed by atoms with Gasteiger partial charge in [0.05, 0.1) is 5.69 Å². The Balaban J connectivity index is 1.98. The number of hydrogen-bond donors (Lipinski definition) is 1. The first kappa shape index (κ1) is 8.66. The molecular weight excluding hydrogens is 162 g/mol. The molecule has 1 aliphatic heterocycles. The molecule has 3 heteroatoms. The van der Waals surface area contributed by atoms with Gasteiger partial charge in [0, 0.05) is 31.9 Å². The van der Waals surface area contributed by atoms with Gasteiger partial charge in [0.25, 0.3) is 0 Å². The largest absolute Gasteiger partial charge is 0.325 e. The normalized spacial score (nSPS) is 18.6. The monoisotopic (exact) mass is 177 g/mol. The molecule has 0 amide bonds. The Bertz CT molecular complexity index is 292. The zero-order valence-electron chi connectivity index (χ0n) is 7.90. The van der Waals surface area contributed by atoms with E-state index in [1.165, 1.54) is 11.3 Å². The summed E-state index contributed by atoms with van der Waals surface area (Å²) in [5, 5.41) is 0. The van der Waals surface area contributed by atoms with E-state index in [2.05, 4.69) is 22.9 Å². The molecule has 0 atom stereocenters. The summed E-state index contributed by atoms with van der Waals surface area (Å²) in [5.41, 5.74) is 8.14. The summed E-state index contributed by atoms with van der Waals surface area (Å²) in [6, 6.07) is 4.45. The number of aryl methyl sites for hydroxylation is 1. The lowest BCUT2D eigenvalue weighted by atomic mass is 10.1. The number of nitrogens with two attached hydrogens (primary N) is 1. The summed E-state index contributed by atoms with van der Waals surface area (Å²) in [7, 11) is 0. The van der Waals surface area contributed by atoms with Crippen LogP contribution in [0, 0.1) is 6.92 Å². The molecule has 2 heterocycles. The number of nitrogens with zero attached hydrogens (tertiary/aromatic N) is 2. The highest BCUT2D eigenvalue weighted by Gasteiger charge is 2.23. The second-order valence-corrected chi connectivity index (χ2v) is 3.72. The summed E-state index contributed by atoms with van der Waals surface area (Å²) in [5.74, 6) is 0. The lowest BCUT2D eigenvalue weighted by molar-refractivity contribution is 0.140. The van der Waals surface area contributed by atoms with Crippen LogP contribution in [-0.4, -0.2) is 29.0 Å². The molecule has 0 saturated carbocycles. The fourth-order valence-electron chi connectivity index (χ4n) is 1.63. The molecule has 2 rings (SSSR count). The lowest BCUT2D eigenvalue weighted by Crippen LogP contribution is -2.55. The predicted molar refractivity (Wildman–Crippen MR) is 52.2 cm³/mol. The van der Waals surface area contributed by atoms with Crippen LogP contribution in [0.2, 0.25) is 0 Å². The van der Waals surface area contributed by atoms with Gasteiger partial charge in [-0.05, 0) is 18.6 Å². The Kier molecular flexibility index (Phi) is 2.29. The summed E-state index contributed by atoms with van der Waals surface area (Å²) >= 11 is 0. The number of pyridine rings is 1. The van der Waals surface area contributed by atoms with Crippen molar-refractivity contribution >= 4 is 0 Å². The van der Waals surface area contributed by atoms with Gasteiger partial charge in [0.2, 0.25) is 0 Å². The molecule has 1 aromatic heterocycles. The van der Waals surface area contributed by atoms with Crippen molar-refractivity contribution in [3.63, 3.8) is 0 Å². The number of likely N-dealkylation sites (tertiary alicyclic amines) is 1. The number of rotatable bonds is 2. The lowest BCUT2D eigenvalue weighted by Gasteiger charge is -2.36. The molecule has 13 heavy (non-hydrogen) atoms. The molecule has 70 valence electrons. The van der Waals surface area contributed by atoms with Crippen LogP contribution in [0.1, 0.15) is 11.3 Å². The van der Waals surface area contributed by atoms with Crippen LogP contribution in [0.4, 0.5) is 0 Å². The van der Waals surface area contributed by atoms with Crippen LogP contribution in [0.25, 0.3) is 0 Å². The number of aromatic nitrogens is 1. The zero-order chi connectivity index (χ0) is 9.26. The van der Waals surface area contributed by atoms with Gasteiger partial charge in [0.15, 0.2) is 0 Å². The van der Waals surface area contributed by atoms with Gasteiger partial charge in [0.1, 0.15) is 0 Å². The Morgan fingerprint density at radius 2 is 2.38 bits per heavy atom. The van der Waals surface area contributed by atoms with Crippen LogP contribution in [-0.2, 0) is 6.54 Å². The first-order chi connectivity index (χ1) is 6.25. The second kappa shape index (κ2) is 3.44. The topological polar surface area (TPSA) is 42.2 Å². The molecule has 0 radical (unpaired) electrons. The van der Waals surface area contributed by atoms with E-state index in [1.807, 2.05) is 12.3 Å². The molecule has 1 fully saturated rings. The molecule has 0 aliphatic carbocycles. The van der Waals surface area contributed by atoms with Crippen LogP contribution >= 0.6 is 0 Å². The van der Waals surface area contributed by atoms with E-state index in [0.29, 0.717) is 6.04 Å². The van der Waals surface area contributed by atoms with Crippen molar-refractivity contribution in [1.82, 2.24) is 9.88 Å². The first-order valence-corrected chi connectivity index (χ1v) is 4.64. The van der Waals surface area contributed by atoms with E-state index < -0.39 is 0 Å². The highest BCUT2D eigenvalue weighted by atomic mass is 15.2. The third-order valence-electron chi connectivity index (χ3n) is 2.48. The Morgan fingerprint density at radius 1 is 1.62 bits per heavy atom. The molecule has 0 unspecified atom stereocenters. The van der Waals surface area contributed by atoms with E-state index in [1.54, 1.807) is 0 Å². The summed E-state index contributed by atoms with van der Waals surface area (Å²) in [4.78, 5) is 6.66. The summed E-state index contributed by atoms with van der Waals surface area (Å²) in [6.07, 6.45) is 1.85. The van der Waals surface area contributed by atoms with E-state index in [4.69, 9.17) is 5.73 Å². The third kappa shape index (κ3) is 1.87. The highest BCUT2D eigenvalue weighted by molar-refractivity contribution is 5.17. The van der Waals surface area contributed by atoms with Crippen molar-refractivity contribution < 1.29 is 0 Å². The second-order valence-electron chi connectivity index (χ2n) is 3.72. The van der Waals surface area contributed by atoms with Gasteiger partial charge in [-0.1, -0.05) is 6.07 Å². The molecule has 0 aromatic carbocycles. The minimum Gasteiger partial charge on any atom is -0.325 e. The standard InChI is InChI=1S/C10H15N3/c1-8-3-2-4-12-10(8)7-13-5-9(11)6-13/h2-4,9H,5-7,11H2,1H3. The van der Waals surface area contributed by atoms with Gasteiger partial charge in [-0.15, -0.1) is 0 Å². The maximum absolute atomic E-state index is 5.70. The summed E-state index contributed by atoms with van der Waals surface area (Å²) in [6.45, 7) is 5.06. The van der Waals surface area contributed by atoms with Crippen molar-refractivity contribution in [3.8, 4) is 0 Å². The van der Waals surface area contributed by atoms with Crippen molar-refractivity contribution in [2.24, 2.45) is 5.73 Å². The van der Waals surface area contributed by atoms with Crippen LogP contribution in [0.3, 0.4) is 0 Å². The van der Waals surface area contributed by atoms with Crippen LogP contribution in [0.5, 0.6) is 0 Å². The van der Waals surface area contributed by atoms with Gasteiger partial charge in [-0.3, -0.25) is 9.88 Å². The van der Waals surface area contributed by atoms with Gasteiger partial charge in [-0.2, -0.15) is 0 Å². The molecule has 0 bridgehead atoms. The number of hydrogen-bond acceptors (Lipinski definition) is 3. The molecule has 2 N–H and O–H groups in total. The van der Waals surface area contributed by atoms with Gasteiger partial charge < -0.3 is 5.73 Å². The van der Waals surface area contributed by atoms with Crippen LogP contribution in [0.15, 0.2) is 18.3 Å².